The Labute approximate surface area is 158 Å². The molecule has 0 unspecified atom stereocenters. The number of hydrogen-bond donors (Lipinski definition) is 1. The van der Waals surface area contributed by atoms with Gasteiger partial charge in [0.15, 0.2) is 11.4 Å². The Bertz CT molecular complexity index is 896. The number of Topliss-reactive ketones (excluding diaryl/α,β-unsaturated/α-hetero) is 1. The summed E-state index contributed by atoms with van der Waals surface area (Å²) in [6.45, 7) is 6.88. The van der Waals surface area contributed by atoms with Crippen LogP contribution in [0.1, 0.15) is 50.0 Å². The number of ketones is 1. The largest absolute Gasteiger partial charge is 0.490 e. The highest BCUT2D eigenvalue weighted by Crippen LogP contribution is 2.41. The predicted octanol–water partition coefficient (Wildman–Crippen LogP) is 4.51. The van der Waals surface area contributed by atoms with Crippen molar-refractivity contribution in [3.8, 4) is 22.6 Å². The second kappa shape index (κ2) is 7.06. The summed E-state index contributed by atoms with van der Waals surface area (Å²) >= 11 is 0. The number of rotatable bonds is 6. The summed E-state index contributed by atoms with van der Waals surface area (Å²) in [5.74, 6) is 0.0409. The van der Waals surface area contributed by atoms with Gasteiger partial charge in [0.1, 0.15) is 11.5 Å². The number of ether oxygens (including phenoxy) is 2. The molecule has 142 valence electrons. The summed E-state index contributed by atoms with van der Waals surface area (Å²) in [5.41, 5.74) is 1.67. The Hall–Kier alpha value is -2.82. The number of carboxylic acids is 1. The molecular formula is C22H24O5. The van der Waals surface area contributed by atoms with E-state index < -0.39 is 11.6 Å². The first-order chi connectivity index (χ1) is 12.7. The maximum absolute atomic E-state index is 12.2. The lowest BCUT2D eigenvalue weighted by atomic mass is 9.97. The molecule has 1 aliphatic rings. The number of carboxylic acid groups (broad SMARTS) is 1. The lowest BCUT2D eigenvalue weighted by Gasteiger charge is -2.25. The minimum absolute atomic E-state index is 0.0121. The molecule has 2 aromatic carbocycles. The molecule has 0 amide bonds. The van der Waals surface area contributed by atoms with Gasteiger partial charge in [0, 0.05) is 23.1 Å². The average molecular weight is 368 g/mol. The van der Waals surface area contributed by atoms with Gasteiger partial charge in [-0.3, -0.25) is 4.79 Å². The van der Waals surface area contributed by atoms with E-state index in [2.05, 4.69) is 0 Å². The van der Waals surface area contributed by atoms with Gasteiger partial charge in [-0.25, -0.2) is 4.79 Å². The number of para-hydroxylation sites is 1. The van der Waals surface area contributed by atoms with Gasteiger partial charge < -0.3 is 14.6 Å². The summed E-state index contributed by atoms with van der Waals surface area (Å²) in [7, 11) is 0. The number of carbonyl (C=O) groups excluding carboxylic acids is 1. The van der Waals surface area contributed by atoms with Gasteiger partial charge in [0.2, 0.25) is 0 Å². The molecule has 5 nitrogen and oxygen atoms in total. The van der Waals surface area contributed by atoms with E-state index in [1.54, 1.807) is 6.07 Å². The highest BCUT2D eigenvalue weighted by molar-refractivity contribution is 6.02. The predicted molar refractivity (Wildman–Crippen MR) is 103 cm³/mol. The zero-order chi connectivity index (χ0) is 19.8. The van der Waals surface area contributed by atoms with Crippen LogP contribution >= 0.6 is 0 Å². The second-order valence-electron chi connectivity index (χ2n) is 7.51. The van der Waals surface area contributed by atoms with Crippen molar-refractivity contribution in [2.45, 2.75) is 52.2 Å². The van der Waals surface area contributed by atoms with Crippen LogP contribution in [0.3, 0.4) is 0 Å². The number of aryl methyl sites for hydroxylation is 1. The first-order valence-corrected chi connectivity index (χ1v) is 9.07. The number of fused-ring (bicyclic) bond motifs is 1. The molecule has 0 aromatic heterocycles. The van der Waals surface area contributed by atoms with Crippen LogP contribution in [-0.2, 0) is 11.2 Å². The fourth-order valence-electron chi connectivity index (χ4n) is 3.13. The second-order valence-corrected chi connectivity index (χ2v) is 7.51. The van der Waals surface area contributed by atoms with Crippen LogP contribution in [0.15, 0.2) is 36.4 Å². The van der Waals surface area contributed by atoms with Crippen molar-refractivity contribution in [1.29, 1.82) is 0 Å². The third-order valence-electron chi connectivity index (χ3n) is 4.55. The van der Waals surface area contributed by atoms with Crippen LogP contribution in [0.2, 0.25) is 0 Å². The SMILES string of the molecule is CC(C)Oc1ccccc1-c1cc2c(cc1OC(C)(C)C(=O)O)C(=O)CC2. The molecule has 0 atom stereocenters. The first kappa shape index (κ1) is 19.0. The van der Waals surface area contributed by atoms with Crippen molar-refractivity contribution >= 4 is 11.8 Å². The molecular weight excluding hydrogens is 344 g/mol. The minimum atomic E-state index is -1.43. The van der Waals surface area contributed by atoms with E-state index in [4.69, 9.17) is 9.47 Å². The molecule has 0 bridgehead atoms. The van der Waals surface area contributed by atoms with Crippen LogP contribution in [0.5, 0.6) is 11.5 Å². The number of hydrogen-bond acceptors (Lipinski definition) is 4. The maximum atomic E-state index is 12.2. The summed E-state index contributed by atoms with van der Waals surface area (Å²) in [6, 6.07) is 11.2. The van der Waals surface area contributed by atoms with Crippen LogP contribution in [-0.4, -0.2) is 28.6 Å². The molecule has 0 aliphatic heterocycles. The zero-order valence-electron chi connectivity index (χ0n) is 16.0. The molecule has 27 heavy (non-hydrogen) atoms. The smallest absolute Gasteiger partial charge is 0.347 e. The third kappa shape index (κ3) is 3.82. The molecule has 3 rings (SSSR count). The molecule has 0 saturated carbocycles. The summed E-state index contributed by atoms with van der Waals surface area (Å²) in [6.07, 6.45) is 1.13. The van der Waals surface area contributed by atoms with Crippen molar-refractivity contribution in [3.63, 3.8) is 0 Å². The van der Waals surface area contributed by atoms with Gasteiger partial charge in [-0.15, -0.1) is 0 Å². The van der Waals surface area contributed by atoms with E-state index in [-0.39, 0.29) is 11.9 Å². The highest BCUT2D eigenvalue weighted by atomic mass is 16.5. The van der Waals surface area contributed by atoms with E-state index in [1.807, 2.05) is 44.2 Å². The maximum Gasteiger partial charge on any atom is 0.347 e. The van der Waals surface area contributed by atoms with Gasteiger partial charge in [0.25, 0.3) is 0 Å². The Kier molecular flexibility index (Phi) is 4.96. The molecule has 0 fully saturated rings. The van der Waals surface area contributed by atoms with Crippen molar-refractivity contribution in [2.75, 3.05) is 0 Å². The zero-order valence-corrected chi connectivity index (χ0v) is 16.0. The third-order valence-corrected chi connectivity index (χ3v) is 4.55. The van der Waals surface area contributed by atoms with Crippen LogP contribution in [0.4, 0.5) is 0 Å². The monoisotopic (exact) mass is 368 g/mol. The van der Waals surface area contributed by atoms with Crippen molar-refractivity contribution in [2.24, 2.45) is 0 Å². The van der Waals surface area contributed by atoms with E-state index in [0.29, 0.717) is 29.9 Å². The molecule has 1 aliphatic carbocycles. The molecule has 0 radical (unpaired) electrons. The topological polar surface area (TPSA) is 72.8 Å². The van der Waals surface area contributed by atoms with Gasteiger partial charge in [-0.1, -0.05) is 18.2 Å². The van der Waals surface area contributed by atoms with Crippen LogP contribution < -0.4 is 9.47 Å². The van der Waals surface area contributed by atoms with Gasteiger partial charge in [-0.2, -0.15) is 0 Å². The van der Waals surface area contributed by atoms with Gasteiger partial charge in [-0.05, 0) is 57.9 Å². The van der Waals surface area contributed by atoms with Crippen molar-refractivity contribution in [1.82, 2.24) is 0 Å². The lowest BCUT2D eigenvalue weighted by Crippen LogP contribution is -2.38. The quantitative estimate of drug-likeness (QED) is 0.812. The molecule has 5 heteroatoms. The van der Waals surface area contributed by atoms with E-state index in [9.17, 15) is 14.7 Å². The van der Waals surface area contributed by atoms with E-state index >= 15 is 0 Å². The molecule has 1 N–H and O–H groups in total. The molecule has 0 heterocycles. The van der Waals surface area contributed by atoms with Gasteiger partial charge >= 0.3 is 5.97 Å². The van der Waals surface area contributed by atoms with Gasteiger partial charge in [0.05, 0.1) is 6.10 Å². The van der Waals surface area contributed by atoms with E-state index in [0.717, 1.165) is 16.7 Å². The fourth-order valence-corrected chi connectivity index (χ4v) is 3.13. The Morgan fingerprint density at radius 3 is 2.41 bits per heavy atom. The fraction of sp³-hybridized carbons (Fsp3) is 0.364. The van der Waals surface area contributed by atoms with E-state index in [1.165, 1.54) is 13.8 Å². The summed E-state index contributed by atoms with van der Waals surface area (Å²) < 4.78 is 11.8. The van der Waals surface area contributed by atoms with Crippen LogP contribution in [0.25, 0.3) is 11.1 Å². The Morgan fingerprint density at radius 1 is 1.04 bits per heavy atom. The standard InChI is InChI=1S/C22H24O5/c1-13(2)26-19-8-6-5-7-15(19)17-11-14-9-10-18(23)16(14)12-20(17)27-22(3,4)21(24)25/h5-8,11-13H,9-10H2,1-4H3,(H,24,25). The number of aliphatic carboxylic acids is 1. The molecule has 2 aromatic rings. The molecule has 0 spiro atoms. The Balaban J connectivity index is 2.18. The van der Waals surface area contributed by atoms with Crippen molar-refractivity contribution < 1.29 is 24.2 Å². The number of benzene rings is 2. The van der Waals surface area contributed by atoms with Crippen LogP contribution in [0, 0.1) is 0 Å². The minimum Gasteiger partial charge on any atom is -0.490 e. The highest BCUT2D eigenvalue weighted by Gasteiger charge is 2.32. The lowest BCUT2D eigenvalue weighted by molar-refractivity contribution is -0.152. The normalized spacial score (nSPS) is 13.6. The Morgan fingerprint density at radius 2 is 1.74 bits per heavy atom. The number of carbonyl (C=O) groups is 2. The van der Waals surface area contributed by atoms with Crippen molar-refractivity contribution in [3.05, 3.63) is 47.5 Å². The average Bonchev–Trinajstić information content (AvgIpc) is 2.94. The summed E-state index contributed by atoms with van der Waals surface area (Å²) in [5, 5.41) is 9.47. The first-order valence-electron chi connectivity index (χ1n) is 9.07. The molecule has 0 saturated heterocycles. The summed E-state index contributed by atoms with van der Waals surface area (Å²) in [4.78, 5) is 23.7.